The minimum atomic E-state index is -0.233. The number of carbonyl (C=O) groups is 1. The smallest absolute Gasteiger partial charge is 0.339 e. The Morgan fingerprint density at radius 1 is 1.64 bits per heavy atom. The maximum atomic E-state index is 11.4. The molecule has 4 nitrogen and oxygen atoms in total. The van der Waals surface area contributed by atoms with Crippen LogP contribution >= 0.6 is 0 Å². The molecule has 1 N–H and O–H groups in total. The fraction of sp³-hybridized carbons (Fsp3) is 0.500. The average Bonchev–Trinajstić information content (AvgIpc) is 2.56. The lowest BCUT2D eigenvalue weighted by Crippen LogP contribution is -2.25. The molecule has 0 spiro atoms. The Labute approximate surface area is 82.9 Å². The lowest BCUT2D eigenvalue weighted by molar-refractivity contribution is 0.0599. The van der Waals surface area contributed by atoms with E-state index in [4.69, 9.17) is 4.74 Å². The SMILES string of the molecule is COC(=O)c1cn(C)c2c1CCNC2. The van der Waals surface area contributed by atoms with Crippen molar-refractivity contribution in [2.24, 2.45) is 7.05 Å². The molecular weight excluding hydrogens is 180 g/mol. The van der Waals surface area contributed by atoms with E-state index < -0.39 is 0 Å². The summed E-state index contributed by atoms with van der Waals surface area (Å²) in [7, 11) is 3.38. The zero-order valence-electron chi connectivity index (χ0n) is 8.46. The van der Waals surface area contributed by atoms with E-state index in [0.29, 0.717) is 5.56 Å². The Kier molecular flexibility index (Phi) is 2.29. The molecule has 1 aromatic heterocycles. The highest BCUT2D eigenvalue weighted by Gasteiger charge is 2.21. The van der Waals surface area contributed by atoms with Crippen molar-refractivity contribution in [3.63, 3.8) is 0 Å². The number of fused-ring (bicyclic) bond motifs is 1. The minimum Gasteiger partial charge on any atom is -0.465 e. The monoisotopic (exact) mass is 194 g/mol. The zero-order valence-corrected chi connectivity index (χ0v) is 8.46. The Hall–Kier alpha value is -1.29. The minimum absolute atomic E-state index is 0.233. The van der Waals surface area contributed by atoms with Crippen LogP contribution < -0.4 is 5.32 Å². The molecule has 1 aromatic rings. The third-order valence-electron chi connectivity index (χ3n) is 2.67. The van der Waals surface area contributed by atoms with Gasteiger partial charge in [0.05, 0.1) is 12.7 Å². The molecule has 2 rings (SSSR count). The standard InChI is InChI=1S/C10H14N2O2/c1-12-6-8(10(13)14-2)7-3-4-11-5-9(7)12/h6,11H,3-5H2,1-2H3. The molecule has 1 aliphatic heterocycles. The molecule has 0 bridgehead atoms. The number of esters is 1. The first-order valence-corrected chi connectivity index (χ1v) is 4.70. The van der Waals surface area contributed by atoms with E-state index in [1.807, 2.05) is 17.8 Å². The Morgan fingerprint density at radius 2 is 2.43 bits per heavy atom. The molecule has 0 saturated heterocycles. The number of hydrogen-bond donors (Lipinski definition) is 1. The largest absolute Gasteiger partial charge is 0.465 e. The van der Waals surface area contributed by atoms with Gasteiger partial charge in [-0.3, -0.25) is 0 Å². The molecule has 0 atom stereocenters. The number of nitrogens with zero attached hydrogens (tertiary/aromatic N) is 1. The predicted molar refractivity (Wildman–Crippen MR) is 52.2 cm³/mol. The molecule has 4 heteroatoms. The lowest BCUT2D eigenvalue weighted by Gasteiger charge is -2.15. The van der Waals surface area contributed by atoms with Crippen LogP contribution in [0.1, 0.15) is 21.6 Å². The molecule has 0 radical (unpaired) electrons. The Bertz CT molecular complexity index is 368. The number of methoxy groups -OCH3 is 1. The molecule has 0 amide bonds. The van der Waals surface area contributed by atoms with E-state index in [0.717, 1.165) is 25.1 Å². The summed E-state index contributed by atoms with van der Waals surface area (Å²) < 4.78 is 6.74. The first kappa shape index (κ1) is 9.27. The number of nitrogens with one attached hydrogen (secondary N) is 1. The van der Waals surface area contributed by atoms with Crippen LogP contribution in [0.15, 0.2) is 6.20 Å². The normalized spacial score (nSPS) is 15.0. The van der Waals surface area contributed by atoms with Gasteiger partial charge >= 0.3 is 5.97 Å². The Balaban J connectivity index is 2.46. The van der Waals surface area contributed by atoms with Crippen molar-refractivity contribution in [1.29, 1.82) is 0 Å². The van der Waals surface area contributed by atoms with Gasteiger partial charge in [-0.2, -0.15) is 0 Å². The highest BCUT2D eigenvalue weighted by atomic mass is 16.5. The van der Waals surface area contributed by atoms with Crippen LogP contribution in [0.4, 0.5) is 0 Å². The van der Waals surface area contributed by atoms with E-state index >= 15 is 0 Å². The number of aryl methyl sites for hydroxylation is 1. The van der Waals surface area contributed by atoms with Crippen LogP contribution in [0.25, 0.3) is 0 Å². The third kappa shape index (κ3) is 1.32. The molecule has 0 unspecified atom stereocenters. The molecule has 2 heterocycles. The van der Waals surface area contributed by atoms with Crippen molar-refractivity contribution < 1.29 is 9.53 Å². The van der Waals surface area contributed by atoms with Crippen LogP contribution in [0.3, 0.4) is 0 Å². The maximum Gasteiger partial charge on any atom is 0.339 e. The van der Waals surface area contributed by atoms with E-state index in [1.54, 1.807) is 0 Å². The molecule has 76 valence electrons. The van der Waals surface area contributed by atoms with E-state index in [2.05, 4.69) is 5.32 Å². The second-order valence-electron chi connectivity index (χ2n) is 3.50. The fourth-order valence-corrected chi connectivity index (χ4v) is 1.93. The number of ether oxygens (including phenoxy) is 1. The van der Waals surface area contributed by atoms with Crippen molar-refractivity contribution >= 4 is 5.97 Å². The van der Waals surface area contributed by atoms with Gasteiger partial charge in [0.15, 0.2) is 0 Å². The van der Waals surface area contributed by atoms with E-state index in [1.165, 1.54) is 12.8 Å². The molecule has 1 aliphatic rings. The van der Waals surface area contributed by atoms with Gasteiger partial charge in [0.25, 0.3) is 0 Å². The number of hydrogen-bond acceptors (Lipinski definition) is 3. The summed E-state index contributed by atoms with van der Waals surface area (Å²) in [5.41, 5.74) is 3.04. The third-order valence-corrected chi connectivity index (χ3v) is 2.67. The molecule has 0 aliphatic carbocycles. The quantitative estimate of drug-likeness (QED) is 0.660. The van der Waals surface area contributed by atoms with Crippen molar-refractivity contribution in [2.75, 3.05) is 13.7 Å². The molecule has 0 aromatic carbocycles. The first-order valence-electron chi connectivity index (χ1n) is 4.70. The van der Waals surface area contributed by atoms with Crippen LogP contribution in [0.2, 0.25) is 0 Å². The van der Waals surface area contributed by atoms with Gasteiger partial charge < -0.3 is 14.6 Å². The zero-order chi connectivity index (χ0) is 10.1. The van der Waals surface area contributed by atoms with E-state index in [-0.39, 0.29) is 5.97 Å². The molecule has 0 fully saturated rings. The van der Waals surface area contributed by atoms with Gasteiger partial charge in [-0.1, -0.05) is 0 Å². The second-order valence-corrected chi connectivity index (χ2v) is 3.50. The molecule has 0 saturated carbocycles. The maximum absolute atomic E-state index is 11.4. The van der Waals surface area contributed by atoms with Crippen LogP contribution in [0.5, 0.6) is 0 Å². The van der Waals surface area contributed by atoms with Crippen molar-refractivity contribution in [2.45, 2.75) is 13.0 Å². The highest BCUT2D eigenvalue weighted by molar-refractivity contribution is 5.91. The first-order chi connectivity index (χ1) is 6.74. The topological polar surface area (TPSA) is 43.3 Å². The highest BCUT2D eigenvalue weighted by Crippen LogP contribution is 2.20. The number of carbonyl (C=O) groups excluding carboxylic acids is 1. The second kappa shape index (κ2) is 3.46. The van der Waals surface area contributed by atoms with Crippen LogP contribution in [0, 0.1) is 0 Å². The number of rotatable bonds is 1. The summed E-state index contributed by atoms with van der Waals surface area (Å²) in [6, 6.07) is 0. The van der Waals surface area contributed by atoms with Crippen molar-refractivity contribution in [1.82, 2.24) is 9.88 Å². The molecule has 14 heavy (non-hydrogen) atoms. The van der Waals surface area contributed by atoms with Gasteiger partial charge in [-0.25, -0.2) is 4.79 Å². The average molecular weight is 194 g/mol. The summed E-state index contributed by atoms with van der Waals surface area (Å²) in [5, 5.41) is 3.28. The fourth-order valence-electron chi connectivity index (χ4n) is 1.93. The van der Waals surface area contributed by atoms with Gasteiger partial charge in [-0.15, -0.1) is 0 Å². The number of aromatic nitrogens is 1. The van der Waals surface area contributed by atoms with Crippen molar-refractivity contribution in [3.05, 3.63) is 23.0 Å². The van der Waals surface area contributed by atoms with Gasteiger partial charge in [0.1, 0.15) is 0 Å². The van der Waals surface area contributed by atoms with Crippen molar-refractivity contribution in [3.8, 4) is 0 Å². The van der Waals surface area contributed by atoms with Crippen LogP contribution in [-0.2, 0) is 24.8 Å². The predicted octanol–water partition coefficient (Wildman–Crippen LogP) is 0.457. The summed E-state index contributed by atoms with van der Waals surface area (Å²) in [6.07, 6.45) is 2.75. The van der Waals surface area contributed by atoms with Gasteiger partial charge in [0, 0.05) is 25.5 Å². The van der Waals surface area contributed by atoms with Crippen LogP contribution in [-0.4, -0.2) is 24.2 Å². The summed E-state index contributed by atoms with van der Waals surface area (Å²) in [5.74, 6) is -0.233. The Morgan fingerprint density at radius 3 is 3.14 bits per heavy atom. The lowest BCUT2D eigenvalue weighted by atomic mass is 10.0. The summed E-state index contributed by atoms with van der Waals surface area (Å²) in [4.78, 5) is 11.4. The van der Waals surface area contributed by atoms with Gasteiger partial charge in [-0.05, 0) is 18.5 Å². The van der Waals surface area contributed by atoms with E-state index in [9.17, 15) is 4.79 Å². The summed E-state index contributed by atoms with van der Waals surface area (Å²) >= 11 is 0. The summed E-state index contributed by atoms with van der Waals surface area (Å²) in [6.45, 7) is 1.77. The van der Waals surface area contributed by atoms with Gasteiger partial charge in [0.2, 0.25) is 0 Å². The molecular formula is C10H14N2O2.